The molecule has 0 radical (unpaired) electrons. The number of halogens is 1. The Morgan fingerprint density at radius 2 is 1.76 bits per heavy atom. The van der Waals surface area contributed by atoms with Crippen molar-refractivity contribution in [3.8, 4) is 0 Å². The van der Waals surface area contributed by atoms with Gasteiger partial charge in [0.2, 0.25) is 0 Å². The lowest BCUT2D eigenvalue weighted by Gasteiger charge is -2.23. The first-order chi connectivity index (χ1) is 8.24. The standard InChI is InChI=1S/C12H14ClN3O/c13-9-6-11-10(15-12(17)16-11)5-8(9)7-1-3-14-4-2-7/h5-7,14H,1-4H2,(H2,15,16,17). The molecular formula is C12H14ClN3O. The number of fused-ring (bicyclic) bond motifs is 1. The lowest BCUT2D eigenvalue weighted by molar-refractivity contribution is 0.461. The van der Waals surface area contributed by atoms with E-state index in [-0.39, 0.29) is 5.69 Å². The quantitative estimate of drug-likeness (QED) is 0.726. The molecule has 0 atom stereocenters. The molecule has 1 aromatic heterocycles. The molecule has 90 valence electrons. The first-order valence-corrected chi connectivity index (χ1v) is 6.24. The Kier molecular flexibility index (Phi) is 2.68. The van der Waals surface area contributed by atoms with Crippen LogP contribution in [0.2, 0.25) is 5.02 Å². The Hall–Kier alpha value is -1.26. The van der Waals surface area contributed by atoms with Crippen LogP contribution in [0.4, 0.5) is 0 Å². The van der Waals surface area contributed by atoms with Gasteiger partial charge in [-0.1, -0.05) is 11.6 Å². The second kappa shape index (κ2) is 4.20. The van der Waals surface area contributed by atoms with Crippen LogP contribution in [0.15, 0.2) is 16.9 Å². The summed E-state index contributed by atoms with van der Waals surface area (Å²) in [5.74, 6) is 0.492. The number of aromatic nitrogens is 2. The number of rotatable bonds is 1. The van der Waals surface area contributed by atoms with Gasteiger partial charge in [-0.2, -0.15) is 0 Å². The van der Waals surface area contributed by atoms with Gasteiger partial charge < -0.3 is 15.3 Å². The summed E-state index contributed by atoms with van der Waals surface area (Å²) in [6.07, 6.45) is 2.19. The van der Waals surface area contributed by atoms with Crippen molar-refractivity contribution in [3.63, 3.8) is 0 Å². The molecule has 1 aliphatic heterocycles. The van der Waals surface area contributed by atoms with Crippen molar-refractivity contribution in [2.75, 3.05) is 13.1 Å². The molecular weight excluding hydrogens is 238 g/mol. The molecule has 5 heteroatoms. The van der Waals surface area contributed by atoms with Crippen molar-refractivity contribution in [2.45, 2.75) is 18.8 Å². The van der Waals surface area contributed by atoms with Gasteiger partial charge in [-0.25, -0.2) is 4.79 Å². The van der Waals surface area contributed by atoms with E-state index >= 15 is 0 Å². The molecule has 17 heavy (non-hydrogen) atoms. The maximum atomic E-state index is 11.2. The van der Waals surface area contributed by atoms with E-state index in [0.29, 0.717) is 5.92 Å². The van der Waals surface area contributed by atoms with Crippen molar-refractivity contribution in [1.29, 1.82) is 0 Å². The van der Waals surface area contributed by atoms with Gasteiger partial charge >= 0.3 is 5.69 Å². The molecule has 1 saturated heterocycles. The van der Waals surface area contributed by atoms with Crippen LogP contribution in [-0.2, 0) is 0 Å². The van der Waals surface area contributed by atoms with E-state index in [1.807, 2.05) is 12.1 Å². The number of nitrogens with one attached hydrogen (secondary N) is 3. The first-order valence-electron chi connectivity index (χ1n) is 5.86. The SMILES string of the molecule is O=c1[nH]c2cc(Cl)c(C3CCNCC3)cc2[nH]1. The van der Waals surface area contributed by atoms with Gasteiger partial charge in [0.1, 0.15) is 0 Å². The Morgan fingerprint density at radius 1 is 1.12 bits per heavy atom. The number of hydrogen-bond donors (Lipinski definition) is 3. The summed E-state index contributed by atoms with van der Waals surface area (Å²) in [4.78, 5) is 16.7. The van der Waals surface area contributed by atoms with Gasteiger partial charge in [-0.3, -0.25) is 0 Å². The Balaban J connectivity index is 2.08. The second-order valence-electron chi connectivity index (χ2n) is 4.52. The predicted octanol–water partition coefficient (Wildman–Crippen LogP) is 1.98. The molecule has 0 unspecified atom stereocenters. The molecule has 1 fully saturated rings. The summed E-state index contributed by atoms with van der Waals surface area (Å²) < 4.78 is 0. The van der Waals surface area contributed by atoms with Crippen LogP contribution in [0.25, 0.3) is 11.0 Å². The largest absolute Gasteiger partial charge is 0.323 e. The Morgan fingerprint density at radius 3 is 2.47 bits per heavy atom. The molecule has 1 aromatic carbocycles. The molecule has 4 nitrogen and oxygen atoms in total. The van der Waals surface area contributed by atoms with Crippen LogP contribution < -0.4 is 11.0 Å². The lowest BCUT2D eigenvalue weighted by atomic mass is 9.90. The molecule has 0 amide bonds. The van der Waals surface area contributed by atoms with Gasteiger partial charge in [0.25, 0.3) is 0 Å². The predicted molar refractivity (Wildman–Crippen MR) is 68.8 cm³/mol. The molecule has 1 aliphatic rings. The zero-order chi connectivity index (χ0) is 11.8. The third-order valence-corrected chi connectivity index (χ3v) is 3.74. The minimum atomic E-state index is -0.182. The minimum Gasteiger partial charge on any atom is -0.317 e. The Labute approximate surface area is 103 Å². The molecule has 0 saturated carbocycles. The van der Waals surface area contributed by atoms with Crippen molar-refractivity contribution < 1.29 is 0 Å². The third kappa shape index (κ3) is 1.98. The average Bonchev–Trinajstić information content (AvgIpc) is 2.68. The topological polar surface area (TPSA) is 60.7 Å². The highest BCUT2D eigenvalue weighted by Gasteiger charge is 2.18. The van der Waals surface area contributed by atoms with Crippen LogP contribution in [0.1, 0.15) is 24.3 Å². The van der Waals surface area contributed by atoms with E-state index in [1.165, 1.54) is 0 Å². The van der Waals surface area contributed by atoms with Gasteiger partial charge in [-0.05, 0) is 49.5 Å². The number of imidazole rings is 1. The summed E-state index contributed by atoms with van der Waals surface area (Å²) in [6.45, 7) is 2.06. The van der Waals surface area contributed by atoms with Gasteiger partial charge in [0, 0.05) is 5.02 Å². The number of hydrogen-bond acceptors (Lipinski definition) is 2. The monoisotopic (exact) mass is 251 g/mol. The maximum absolute atomic E-state index is 11.2. The summed E-state index contributed by atoms with van der Waals surface area (Å²) in [7, 11) is 0. The number of H-pyrrole nitrogens is 2. The molecule has 2 heterocycles. The van der Waals surface area contributed by atoms with Crippen molar-refractivity contribution >= 4 is 22.6 Å². The van der Waals surface area contributed by atoms with Crippen LogP contribution >= 0.6 is 11.6 Å². The van der Waals surface area contributed by atoms with Gasteiger partial charge in [-0.15, -0.1) is 0 Å². The molecule has 0 spiro atoms. The van der Waals surface area contributed by atoms with E-state index in [2.05, 4.69) is 15.3 Å². The number of aromatic amines is 2. The third-order valence-electron chi connectivity index (χ3n) is 3.41. The zero-order valence-corrected chi connectivity index (χ0v) is 10.1. The normalized spacial score (nSPS) is 17.7. The van der Waals surface area contributed by atoms with Crippen molar-refractivity contribution in [2.24, 2.45) is 0 Å². The summed E-state index contributed by atoms with van der Waals surface area (Å²) in [5.41, 5.74) is 2.58. The minimum absolute atomic E-state index is 0.182. The highest BCUT2D eigenvalue weighted by Crippen LogP contribution is 2.32. The fraction of sp³-hybridized carbons (Fsp3) is 0.417. The zero-order valence-electron chi connectivity index (χ0n) is 9.35. The highest BCUT2D eigenvalue weighted by atomic mass is 35.5. The van der Waals surface area contributed by atoms with Gasteiger partial charge in [0.15, 0.2) is 0 Å². The summed E-state index contributed by atoms with van der Waals surface area (Å²) in [6, 6.07) is 3.84. The first kappa shape index (κ1) is 10.9. The van der Waals surface area contributed by atoms with E-state index in [1.54, 1.807) is 0 Å². The van der Waals surface area contributed by atoms with Crippen LogP contribution in [0.3, 0.4) is 0 Å². The lowest BCUT2D eigenvalue weighted by Crippen LogP contribution is -2.26. The summed E-state index contributed by atoms with van der Waals surface area (Å²) >= 11 is 6.29. The van der Waals surface area contributed by atoms with E-state index in [9.17, 15) is 4.79 Å². The fourth-order valence-corrected chi connectivity index (χ4v) is 2.84. The average molecular weight is 252 g/mol. The number of piperidine rings is 1. The number of benzene rings is 1. The second-order valence-corrected chi connectivity index (χ2v) is 4.93. The molecule has 3 N–H and O–H groups in total. The highest BCUT2D eigenvalue weighted by molar-refractivity contribution is 6.32. The van der Waals surface area contributed by atoms with Crippen LogP contribution in [0, 0.1) is 0 Å². The van der Waals surface area contributed by atoms with Crippen LogP contribution in [-0.4, -0.2) is 23.1 Å². The molecule has 0 aliphatic carbocycles. The van der Waals surface area contributed by atoms with Crippen LogP contribution in [0.5, 0.6) is 0 Å². The van der Waals surface area contributed by atoms with Crippen molar-refractivity contribution in [3.05, 3.63) is 33.2 Å². The van der Waals surface area contributed by atoms with Gasteiger partial charge in [0.05, 0.1) is 11.0 Å². The summed E-state index contributed by atoms with van der Waals surface area (Å²) in [5, 5.41) is 4.09. The molecule has 2 aromatic rings. The molecule has 3 rings (SSSR count). The van der Waals surface area contributed by atoms with E-state index in [0.717, 1.165) is 47.6 Å². The van der Waals surface area contributed by atoms with Crippen molar-refractivity contribution in [1.82, 2.24) is 15.3 Å². The fourth-order valence-electron chi connectivity index (χ4n) is 2.52. The maximum Gasteiger partial charge on any atom is 0.323 e. The molecule has 0 bridgehead atoms. The smallest absolute Gasteiger partial charge is 0.317 e. The van der Waals surface area contributed by atoms with E-state index in [4.69, 9.17) is 11.6 Å². The Bertz CT molecular complexity index is 595. The van der Waals surface area contributed by atoms with E-state index < -0.39 is 0 Å².